The van der Waals surface area contributed by atoms with Crippen molar-refractivity contribution in [3.8, 4) is 0 Å². The molecule has 102 valence electrons. The number of benzene rings is 1. The van der Waals surface area contributed by atoms with Gasteiger partial charge in [-0.15, -0.1) is 0 Å². The van der Waals surface area contributed by atoms with Crippen molar-refractivity contribution in [2.75, 3.05) is 18.1 Å². The van der Waals surface area contributed by atoms with Crippen molar-refractivity contribution in [1.29, 1.82) is 0 Å². The van der Waals surface area contributed by atoms with Crippen LogP contribution in [0.4, 0.5) is 5.69 Å². The number of anilines is 1. The fraction of sp³-hybridized carbons (Fsp3) is 0.533. The fourth-order valence-electron chi connectivity index (χ4n) is 3.32. The van der Waals surface area contributed by atoms with Crippen molar-refractivity contribution < 1.29 is 4.74 Å². The summed E-state index contributed by atoms with van der Waals surface area (Å²) in [6, 6.07) is 6.88. The lowest BCUT2D eigenvalue weighted by Crippen LogP contribution is -2.49. The number of aryl methyl sites for hydroxylation is 1. The van der Waals surface area contributed by atoms with Gasteiger partial charge in [-0.3, -0.25) is 0 Å². The molecule has 2 N–H and O–H groups in total. The molecule has 2 unspecified atom stereocenters. The summed E-state index contributed by atoms with van der Waals surface area (Å²) in [6.45, 7) is 3.80. The van der Waals surface area contributed by atoms with Gasteiger partial charge in [0.15, 0.2) is 0 Å². The summed E-state index contributed by atoms with van der Waals surface area (Å²) in [5.74, 6) is 0. The van der Waals surface area contributed by atoms with E-state index in [1.165, 1.54) is 30.5 Å². The lowest BCUT2D eigenvalue weighted by atomic mass is 10.0. The van der Waals surface area contributed by atoms with Gasteiger partial charge < -0.3 is 15.4 Å². The van der Waals surface area contributed by atoms with E-state index < -0.39 is 0 Å². The van der Waals surface area contributed by atoms with E-state index in [1.54, 1.807) is 0 Å². The van der Waals surface area contributed by atoms with Crippen LogP contribution in [0.15, 0.2) is 18.2 Å². The summed E-state index contributed by atoms with van der Waals surface area (Å²) in [4.78, 5) is 2.94. The highest BCUT2D eigenvalue weighted by Gasteiger charge is 2.36. The van der Waals surface area contributed by atoms with Gasteiger partial charge in [-0.1, -0.05) is 23.8 Å². The molecule has 1 aliphatic heterocycles. The Morgan fingerprint density at radius 3 is 3.05 bits per heavy atom. The lowest BCUT2D eigenvalue weighted by Gasteiger charge is -2.40. The summed E-state index contributed by atoms with van der Waals surface area (Å²) in [7, 11) is 0. The number of rotatable bonds is 2. The predicted molar refractivity (Wildman–Crippen MR) is 81.8 cm³/mol. The van der Waals surface area contributed by atoms with E-state index in [0.29, 0.717) is 17.1 Å². The van der Waals surface area contributed by atoms with Crippen molar-refractivity contribution in [2.24, 2.45) is 5.73 Å². The highest BCUT2D eigenvalue weighted by atomic mass is 32.1. The molecule has 0 spiro atoms. The molecule has 2 aliphatic rings. The zero-order valence-electron chi connectivity index (χ0n) is 11.3. The standard InChI is InChI=1S/C15H20N2OS/c1-10-5-6-12(11(9-10)15(16)19)17-7-8-18-14-4-2-3-13(14)17/h5-6,9,13-14H,2-4,7-8H2,1H3,(H2,16,19). The molecule has 1 aromatic carbocycles. The van der Waals surface area contributed by atoms with Crippen LogP contribution in [0.5, 0.6) is 0 Å². The van der Waals surface area contributed by atoms with E-state index >= 15 is 0 Å². The van der Waals surface area contributed by atoms with Crippen LogP contribution in [-0.4, -0.2) is 30.3 Å². The first-order valence-electron chi connectivity index (χ1n) is 6.95. The Morgan fingerprint density at radius 2 is 2.26 bits per heavy atom. The van der Waals surface area contributed by atoms with E-state index in [1.807, 2.05) is 0 Å². The molecule has 3 nitrogen and oxygen atoms in total. The molecular weight excluding hydrogens is 256 g/mol. The third-order valence-corrected chi connectivity index (χ3v) is 4.43. The second-order valence-corrected chi connectivity index (χ2v) is 5.93. The molecular formula is C15H20N2OS. The minimum absolute atomic E-state index is 0.384. The smallest absolute Gasteiger partial charge is 0.106 e. The van der Waals surface area contributed by atoms with Gasteiger partial charge in [0.2, 0.25) is 0 Å². The first-order valence-corrected chi connectivity index (χ1v) is 7.36. The zero-order chi connectivity index (χ0) is 13.4. The molecule has 4 heteroatoms. The summed E-state index contributed by atoms with van der Waals surface area (Å²) in [6.07, 6.45) is 4.01. The Kier molecular flexibility index (Phi) is 3.46. The fourth-order valence-corrected chi connectivity index (χ4v) is 3.49. The van der Waals surface area contributed by atoms with E-state index in [-0.39, 0.29) is 0 Å². The van der Waals surface area contributed by atoms with E-state index in [4.69, 9.17) is 22.7 Å². The maximum absolute atomic E-state index is 5.90. The van der Waals surface area contributed by atoms with Gasteiger partial charge in [-0.25, -0.2) is 0 Å². The molecule has 1 saturated carbocycles. The molecule has 0 aromatic heterocycles. The van der Waals surface area contributed by atoms with E-state index in [0.717, 1.165) is 18.7 Å². The average Bonchev–Trinajstić information content (AvgIpc) is 2.86. The quantitative estimate of drug-likeness (QED) is 0.842. The number of thiocarbonyl (C=S) groups is 1. The van der Waals surface area contributed by atoms with Crippen molar-refractivity contribution in [1.82, 2.24) is 0 Å². The predicted octanol–water partition coefficient (Wildman–Crippen LogP) is 2.39. The van der Waals surface area contributed by atoms with Crippen molar-refractivity contribution in [3.05, 3.63) is 29.3 Å². The number of hydrogen-bond donors (Lipinski definition) is 1. The van der Waals surface area contributed by atoms with Gasteiger partial charge in [0, 0.05) is 17.8 Å². The maximum atomic E-state index is 5.90. The normalized spacial score (nSPS) is 26.3. The van der Waals surface area contributed by atoms with Crippen LogP contribution in [0.2, 0.25) is 0 Å². The van der Waals surface area contributed by atoms with E-state index in [2.05, 4.69) is 30.0 Å². The minimum atomic E-state index is 0.384. The molecule has 2 atom stereocenters. The molecule has 0 bridgehead atoms. The first-order chi connectivity index (χ1) is 9.16. The Balaban J connectivity index is 1.98. The van der Waals surface area contributed by atoms with Crippen LogP contribution < -0.4 is 10.6 Å². The van der Waals surface area contributed by atoms with Gasteiger partial charge in [0.1, 0.15) is 4.99 Å². The zero-order valence-corrected chi connectivity index (χ0v) is 12.1. The van der Waals surface area contributed by atoms with Crippen molar-refractivity contribution >= 4 is 22.9 Å². The highest BCUT2D eigenvalue weighted by Crippen LogP contribution is 2.34. The van der Waals surface area contributed by atoms with Crippen LogP contribution in [0.3, 0.4) is 0 Å². The summed E-state index contributed by atoms with van der Waals surface area (Å²) >= 11 is 5.22. The van der Waals surface area contributed by atoms with Crippen LogP contribution in [0.1, 0.15) is 30.4 Å². The van der Waals surface area contributed by atoms with Gasteiger partial charge in [0.25, 0.3) is 0 Å². The third kappa shape index (κ3) is 2.35. The number of ether oxygens (including phenoxy) is 1. The van der Waals surface area contributed by atoms with Gasteiger partial charge in [0.05, 0.1) is 18.8 Å². The van der Waals surface area contributed by atoms with Crippen LogP contribution >= 0.6 is 12.2 Å². The van der Waals surface area contributed by atoms with Crippen molar-refractivity contribution in [3.63, 3.8) is 0 Å². The summed E-state index contributed by atoms with van der Waals surface area (Å²) < 4.78 is 5.87. The molecule has 0 amide bonds. The van der Waals surface area contributed by atoms with Crippen LogP contribution in [0, 0.1) is 6.92 Å². The Hall–Kier alpha value is -1.13. The third-order valence-electron chi connectivity index (χ3n) is 4.21. The minimum Gasteiger partial charge on any atom is -0.389 e. The molecule has 3 rings (SSSR count). The Morgan fingerprint density at radius 1 is 1.42 bits per heavy atom. The Labute approximate surface area is 119 Å². The summed E-state index contributed by atoms with van der Waals surface area (Å²) in [5.41, 5.74) is 9.28. The highest BCUT2D eigenvalue weighted by molar-refractivity contribution is 7.80. The molecule has 1 aromatic rings. The first kappa shape index (κ1) is 12.9. The van der Waals surface area contributed by atoms with E-state index in [9.17, 15) is 0 Å². The van der Waals surface area contributed by atoms with Gasteiger partial charge >= 0.3 is 0 Å². The molecule has 1 heterocycles. The van der Waals surface area contributed by atoms with Gasteiger partial charge in [-0.05, 0) is 38.3 Å². The topological polar surface area (TPSA) is 38.5 Å². The summed E-state index contributed by atoms with van der Waals surface area (Å²) in [5, 5.41) is 0. The molecule has 1 aliphatic carbocycles. The Bertz CT molecular complexity index is 503. The van der Waals surface area contributed by atoms with Gasteiger partial charge in [-0.2, -0.15) is 0 Å². The molecule has 19 heavy (non-hydrogen) atoms. The second-order valence-electron chi connectivity index (χ2n) is 5.49. The number of nitrogens with two attached hydrogens (primary N) is 1. The number of hydrogen-bond acceptors (Lipinski definition) is 3. The molecule has 2 fully saturated rings. The SMILES string of the molecule is Cc1ccc(N2CCOC3CCCC32)c(C(N)=S)c1. The largest absolute Gasteiger partial charge is 0.389 e. The van der Waals surface area contributed by atoms with Crippen LogP contribution in [-0.2, 0) is 4.74 Å². The maximum Gasteiger partial charge on any atom is 0.106 e. The number of morpholine rings is 1. The second kappa shape index (κ2) is 5.10. The monoisotopic (exact) mass is 276 g/mol. The van der Waals surface area contributed by atoms with Crippen LogP contribution in [0.25, 0.3) is 0 Å². The van der Waals surface area contributed by atoms with Crippen molar-refractivity contribution in [2.45, 2.75) is 38.3 Å². The average molecular weight is 276 g/mol. The number of nitrogens with zero attached hydrogens (tertiary/aromatic N) is 1. The number of fused-ring (bicyclic) bond motifs is 1. The molecule has 0 radical (unpaired) electrons. The molecule has 1 saturated heterocycles. The lowest BCUT2D eigenvalue weighted by molar-refractivity contribution is 0.0256.